The molecule has 0 amide bonds. The van der Waals surface area contributed by atoms with Gasteiger partial charge in [-0.25, -0.2) is 13.6 Å². The summed E-state index contributed by atoms with van der Waals surface area (Å²) in [5, 5.41) is 27.8. The van der Waals surface area contributed by atoms with Crippen molar-refractivity contribution < 1.29 is 18.3 Å². The van der Waals surface area contributed by atoms with E-state index in [-0.39, 0.29) is 21.6 Å². The average molecular weight is 496 g/mol. The number of para-hydroxylation sites is 1. The zero-order valence-electron chi connectivity index (χ0n) is 18.0. The number of fused-ring (bicyclic) bond motifs is 1. The Bertz CT molecular complexity index is 1500. The van der Waals surface area contributed by atoms with Crippen molar-refractivity contribution in [2.24, 2.45) is 15.4 Å². The second kappa shape index (κ2) is 9.59. The molecule has 11 heteroatoms. The van der Waals surface area contributed by atoms with Crippen molar-refractivity contribution >= 4 is 49.6 Å². The van der Waals surface area contributed by atoms with Crippen LogP contribution in [-0.4, -0.2) is 30.3 Å². The minimum atomic E-state index is -3.86. The Balaban J connectivity index is 1.68. The number of aromatic hydroxyl groups is 1. The number of nitrogens with two attached hydrogens (primary N) is 1. The van der Waals surface area contributed by atoms with Crippen molar-refractivity contribution in [1.29, 1.82) is 0 Å². The van der Waals surface area contributed by atoms with Gasteiger partial charge in [-0.05, 0) is 42.0 Å². The lowest BCUT2D eigenvalue weighted by Gasteiger charge is -2.09. The van der Waals surface area contributed by atoms with Crippen LogP contribution in [0.1, 0.15) is 5.56 Å². The smallest absolute Gasteiger partial charge is 0.238 e. The summed E-state index contributed by atoms with van der Waals surface area (Å²) in [6.45, 7) is 0.391. The first kappa shape index (κ1) is 23.4. The Morgan fingerprint density at radius 3 is 2.56 bits per heavy atom. The fourth-order valence-corrected chi connectivity index (χ4v) is 4.24. The zero-order chi connectivity index (χ0) is 24.3. The number of sulfonamides is 1. The Labute approximate surface area is 201 Å². The maximum atomic E-state index is 11.6. The SMILES string of the molecule is COc1cccc2c(N=NC(=S)Nc3cccc(S(N)(=O)=O)c3)c(O)n(Cc3ccccc3)c12. The van der Waals surface area contributed by atoms with Gasteiger partial charge in [0.25, 0.3) is 0 Å². The highest BCUT2D eigenvalue weighted by Gasteiger charge is 2.20. The summed E-state index contributed by atoms with van der Waals surface area (Å²) in [6.07, 6.45) is 0. The number of aromatic nitrogens is 1. The first-order valence-corrected chi connectivity index (χ1v) is 12.0. The molecule has 34 heavy (non-hydrogen) atoms. The molecule has 0 saturated heterocycles. The molecule has 1 aromatic heterocycles. The third-order valence-electron chi connectivity index (χ3n) is 5.05. The van der Waals surface area contributed by atoms with Gasteiger partial charge in [0.05, 0.1) is 24.1 Å². The van der Waals surface area contributed by atoms with Crippen LogP contribution in [0.15, 0.2) is 87.9 Å². The fourth-order valence-electron chi connectivity index (χ4n) is 3.52. The van der Waals surface area contributed by atoms with Gasteiger partial charge < -0.3 is 19.7 Å². The van der Waals surface area contributed by atoms with E-state index >= 15 is 0 Å². The van der Waals surface area contributed by atoms with E-state index in [0.717, 1.165) is 5.56 Å². The van der Waals surface area contributed by atoms with Crippen LogP contribution in [0, 0.1) is 0 Å². The Morgan fingerprint density at radius 2 is 1.85 bits per heavy atom. The Hall–Kier alpha value is -3.80. The quantitative estimate of drug-likeness (QED) is 0.266. The summed E-state index contributed by atoms with van der Waals surface area (Å²) in [5.74, 6) is 0.483. The highest BCUT2D eigenvalue weighted by molar-refractivity contribution is 7.89. The molecular formula is C23H21N5O4S2. The molecule has 0 spiro atoms. The zero-order valence-corrected chi connectivity index (χ0v) is 19.7. The number of ether oxygens (including phenoxy) is 1. The van der Waals surface area contributed by atoms with E-state index in [1.54, 1.807) is 35.9 Å². The van der Waals surface area contributed by atoms with E-state index in [0.29, 0.717) is 28.9 Å². The number of azo groups is 1. The minimum Gasteiger partial charge on any atom is -0.495 e. The molecule has 4 rings (SSSR count). The summed E-state index contributed by atoms with van der Waals surface area (Å²) >= 11 is 5.23. The molecule has 0 aliphatic rings. The van der Waals surface area contributed by atoms with Gasteiger partial charge in [0.2, 0.25) is 21.0 Å². The van der Waals surface area contributed by atoms with Crippen molar-refractivity contribution in [2.45, 2.75) is 11.4 Å². The van der Waals surface area contributed by atoms with E-state index in [9.17, 15) is 13.5 Å². The average Bonchev–Trinajstić information content (AvgIpc) is 3.08. The molecule has 4 N–H and O–H groups in total. The van der Waals surface area contributed by atoms with E-state index < -0.39 is 10.0 Å². The number of methoxy groups -OCH3 is 1. The molecule has 0 atom stereocenters. The number of nitrogens with zero attached hydrogens (tertiary/aromatic N) is 3. The largest absolute Gasteiger partial charge is 0.495 e. The van der Waals surface area contributed by atoms with Gasteiger partial charge in [-0.1, -0.05) is 48.5 Å². The summed E-state index contributed by atoms with van der Waals surface area (Å²) < 4.78 is 30.3. The molecule has 4 aromatic rings. The van der Waals surface area contributed by atoms with Crippen LogP contribution >= 0.6 is 12.2 Å². The molecule has 0 fully saturated rings. The van der Waals surface area contributed by atoms with E-state index in [1.807, 2.05) is 30.3 Å². The molecule has 0 bridgehead atoms. The fraction of sp³-hybridized carbons (Fsp3) is 0.0870. The first-order chi connectivity index (χ1) is 16.3. The second-order valence-corrected chi connectivity index (χ2v) is 9.25. The van der Waals surface area contributed by atoms with E-state index in [1.165, 1.54) is 18.2 Å². The molecule has 0 aliphatic heterocycles. The molecule has 0 radical (unpaired) electrons. The summed E-state index contributed by atoms with van der Waals surface area (Å²) in [4.78, 5) is -0.0639. The highest BCUT2D eigenvalue weighted by atomic mass is 32.2. The lowest BCUT2D eigenvalue weighted by Crippen LogP contribution is -2.13. The van der Waals surface area contributed by atoms with Gasteiger partial charge in [-0.2, -0.15) is 0 Å². The number of primary sulfonamides is 1. The van der Waals surface area contributed by atoms with Gasteiger partial charge in [0, 0.05) is 11.1 Å². The van der Waals surface area contributed by atoms with E-state index in [2.05, 4.69) is 15.5 Å². The normalized spacial score (nSPS) is 11.7. The van der Waals surface area contributed by atoms with Gasteiger partial charge >= 0.3 is 0 Å². The van der Waals surface area contributed by atoms with Crippen LogP contribution in [0.2, 0.25) is 0 Å². The molecule has 3 aromatic carbocycles. The van der Waals surface area contributed by atoms with Crippen LogP contribution in [0.4, 0.5) is 11.4 Å². The molecule has 9 nitrogen and oxygen atoms in total. The van der Waals surface area contributed by atoms with Gasteiger partial charge in [-0.15, -0.1) is 10.2 Å². The summed E-state index contributed by atoms with van der Waals surface area (Å²) in [5.41, 5.74) is 2.26. The number of thiocarbonyl (C=S) groups is 1. The number of nitrogens with one attached hydrogen (secondary N) is 1. The predicted octanol–water partition coefficient (Wildman–Crippen LogP) is 4.53. The van der Waals surface area contributed by atoms with Crippen molar-refractivity contribution in [3.63, 3.8) is 0 Å². The highest BCUT2D eigenvalue weighted by Crippen LogP contribution is 2.43. The van der Waals surface area contributed by atoms with Crippen LogP contribution in [-0.2, 0) is 16.6 Å². The van der Waals surface area contributed by atoms with Crippen LogP contribution in [0.3, 0.4) is 0 Å². The molecular weight excluding hydrogens is 474 g/mol. The van der Waals surface area contributed by atoms with E-state index in [4.69, 9.17) is 22.1 Å². The van der Waals surface area contributed by atoms with Gasteiger partial charge in [0.15, 0.2) is 5.69 Å². The van der Waals surface area contributed by atoms with Crippen molar-refractivity contribution in [1.82, 2.24) is 4.57 Å². The predicted molar refractivity (Wildman–Crippen MR) is 134 cm³/mol. The third kappa shape index (κ3) is 4.91. The third-order valence-corrected chi connectivity index (χ3v) is 6.14. The second-order valence-electron chi connectivity index (χ2n) is 7.30. The van der Waals surface area contributed by atoms with Crippen molar-refractivity contribution in [3.8, 4) is 11.6 Å². The van der Waals surface area contributed by atoms with Crippen LogP contribution in [0.25, 0.3) is 10.9 Å². The van der Waals surface area contributed by atoms with Crippen molar-refractivity contribution in [3.05, 3.63) is 78.4 Å². The van der Waals surface area contributed by atoms with Gasteiger partial charge in [0.1, 0.15) is 5.75 Å². The maximum absolute atomic E-state index is 11.6. The van der Waals surface area contributed by atoms with Crippen molar-refractivity contribution in [2.75, 3.05) is 12.4 Å². The van der Waals surface area contributed by atoms with Gasteiger partial charge in [-0.3, -0.25) is 0 Å². The number of benzene rings is 3. The first-order valence-electron chi connectivity index (χ1n) is 10.1. The minimum absolute atomic E-state index is 0.0298. The molecule has 174 valence electrons. The monoisotopic (exact) mass is 495 g/mol. The standard InChI is InChI=1S/C23H21N5O4S2/c1-32-19-12-6-11-18-20(22(29)28(21(18)19)14-15-7-3-2-4-8-15)26-27-23(33)25-16-9-5-10-17(13-16)34(24,30)31/h2-13,29H,14H2,1H3,(H,25,33)(H2,24,30,31). The Morgan fingerprint density at radius 1 is 1.12 bits per heavy atom. The number of hydrogen-bond donors (Lipinski definition) is 3. The molecule has 0 aliphatic carbocycles. The lowest BCUT2D eigenvalue weighted by atomic mass is 10.2. The molecule has 1 heterocycles. The maximum Gasteiger partial charge on any atom is 0.238 e. The summed E-state index contributed by atoms with van der Waals surface area (Å²) in [6, 6.07) is 20.9. The summed E-state index contributed by atoms with van der Waals surface area (Å²) in [7, 11) is -2.30. The topological polar surface area (TPSA) is 131 Å². The number of hydrogen-bond acceptors (Lipinski definition) is 6. The molecule has 0 unspecified atom stereocenters. The Kier molecular flexibility index (Phi) is 6.59. The lowest BCUT2D eigenvalue weighted by molar-refractivity contribution is 0.409. The molecule has 0 saturated carbocycles. The number of anilines is 1. The van der Waals surface area contributed by atoms with Crippen LogP contribution in [0.5, 0.6) is 11.6 Å². The van der Waals surface area contributed by atoms with Crippen LogP contribution < -0.4 is 15.2 Å². The number of rotatable bonds is 6.